The Hall–Kier alpha value is -1.72. The summed E-state index contributed by atoms with van der Waals surface area (Å²) in [5, 5.41) is 3.57. The van der Waals surface area contributed by atoms with Crippen LogP contribution in [0.5, 0.6) is 0 Å². The summed E-state index contributed by atoms with van der Waals surface area (Å²) in [5.41, 5.74) is 3.51. The molecule has 1 saturated heterocycles. The zero-order chi connectivity index (χ0) is 21.6. The van der Waals surface area contributed by atoms with Gasteiger partial charge in [0, 0.05) is 29.2 Å². The maximum absolute atomic E-state index is 12.4. The molecule has 1 amide bonds. The number of aromatic nitrogens is 3. The maximum atomic E-state index is 12.4. The topological polar surface area (TPSA) is 86.2 Å². The lowest BCUT2D eigenvalue weighted by molar-refractivity contribution is -0.178. The normalized spacial score (nSPS) is 14.8. The Labute approximate surface area is 193 Å². The SMILES string of the molecule is Cc1cc(C)nc(SCC(=O)Nc2ccc3nc(SCCC4OCCCO4)sc3c2)n1. The fraction of sp³-hybridized carbons (Fsp3) is 0.429. The standard InChI is InChI=1S/C21H24N4O3S3/c1-13-10-14(2)23-20(22-13)30-12-18(26)24-15-4-5-16-17(11-15)31-21(25-16)29-9-6-19-27-7-3-8-28-19/h4-5,10-11,19H,3,6-9,12H2,1-2H3,(H,24,26). The monoisotopic (exact) mass is 476 g/mol. The second kappa shape index (κ2) is 10.7. The Morgan fingerprint density at radius 3 is 2.68 bits per heavy atom. The molecule has 0 radical (unpaired) electrons. The first-order valence-electron chi connectivity index (χ1n) is 10.1. The van der Waals surface area contributed by atoms with E-state index in [4.69, 9.17) is 9.47 Å². The summed E-state index contributed by atoms with van der Waals surface area (Å²) in [5.74, 6) is 1.07. The number of fused-ring (bicyclic) bond motifs is 1. The van der Waals surface area contributed by atoms with Gasteiger partial charge in [-0.2, -0.15) is 0 Å². The van der Waals surface area contributed by atoms with Crippen molar-refractivity contribution in [1.82, 2.24) is 15.0 Å². The van der Waals surface area contributed by atoms with E-state index in [9.17, 15) is 4.79 Å². The summed E-state index contributed by atoms with van der Waals surface area (Å²) in [6, 6.07) is 7.72. The van der Waals surface area contributed by atoms with Gasteiger partial charge in [-0.1, -0.05) is 23.5 Å². The molecule has 31 heavy (non-hydrogen) atoms. The highest BCUT2D eigenvalue weighted by molar-refractivity contribution is 8.01. The Balaban J connectivity index is 1.29. The molecule has 10 heteroatoms. The van der Waals surface area contributed by atoms with E-state index in [-0.39, 0.29) is 18.0 Å². The van der Waals surface area contributed by atoms with Crippen LogP contribution < -0.4 is 5.32 Å². The Morgan fingerprint density at radius 2 is 1.90 bits per heavy atom. The molecule has 164 valence electrons. The molecule has 3 heterocycles. The van der Waals surface area contributed by atoms with E-state index < -0.39 is 0 Å². The molecule has 4 rings (SSSR count). The summed E-state index contributed by atoms with van der Waals surface area (Å²) < 4.78 is 13.2. The van der Waals surface area contributed by atoms with E-state index in [0.29, 0.717) is 5.16 Å². The number of hydrogen-bond donors (Lipinski definition) is 1. The van der Waals surface area contributed by atoms with Crippen LogP contribution in [0.2, 0.25) is 0 Å². The van der Waals surface area contributed by atoms with Crippen molar-refractivity contribution in [3.05, 3.63) is 35.7 Å². The van der Waals surface area contributed by atoms with Gasteiger partial charge < -0.3 is 14.8 Å². The van der Waals surface area contributed by atoms with Gasteiger partial charge in [-0.25, -0.2) is 15.0 Å². The van der Waals surface area contributed by atoms with Gasteiger partial charge in [0.1, 0.15) is 0 Å². The molecule has 0 atom stereocenters. The molecule has 2 aromatic heterocycles. The van der Waals surface area contributed by atoms with Gasteiger partial charge in [-0.3, -0.25) is 4.79 Å². The highest BCUT2D eigenvalue weighted by atomic mass is 32.2. The van der Waals surface area contributed by atoms with Crippen molar-refractivity contribution in [3.63, 3.8) is 0 Å². The van der Waals surface area contributed by atoms with Crippen molar-refractivity contribution in [2.24, 2.45) is 0 Å². The quantitative estimate of drug-likeness (QED) is 0.370. The first-order valence-corrected chi connectivity index (χ1v) is 12.9. The van der Waals surface area contributed by atoms with Crippen LogP contribution in [0.15, 0.2) is 33.8 Å². The zero-order valence-electron chi connectivity index (χ0n) is 17.4. The molecule has 0 aliphatic carbocycles. The highest BCUT2D eigenvalue weighted by Gasteiger charge is 2.15. The van der Waals surface area contributed by atoms with Crippen molar-refractivity contribution in [1.29, 1.82) is 0 Å². The van der Waals surface area contributed by atoms with E-state index >= 15 is 0 Å². The van der Waals surface area contributed by atoms with Crippen molar-refractivity contribution >= 4 is 56.7 Å². The fourth-order valence-electron chi connectivity index (χ4n) is 3.07. The van der Waals surface area contributed by atoms with Crippen LogP contribution in [0.25, 0.3) is 10.2 Å². The minimum atomic E-state index is -0.0931. The number of anilines is 1. The molecule has 1 N–H and O–H groups in total. The Morgan fingerprint density at radius 1 is 1.13 bits per heavy atom. The molecule has 1 aromatic carbocycles. The molecular formula is C21H24N4O3S3. The van der Waals surface area contributed by atoms with E-state index in [1.807, 2.05) is 38.1 Å². The van der Waals surface area contributed by atoms with Crippen LogP contribution in [-0.2, 0) is 14.3 Å². The Kier molecular flexibility index (Phi) is 7.78. The predicted octanol–water partition coefficient (Wildman–Crippen LogP) is 4.68. The lowest BCUT2D eigenvalue weighted by Gasteiger charge is -2.22. The number of hydrogen-bond acceptors (Lipinski definition) is 9. The third kappa shape index (κ3) is 6.63. The van der Waals surface area contributed by atoms with Crippen LogP contribution in [-0.4, -0.2) is 51.9 Å². The first kappa shape index (κ1) is 22.5. The number of aryl methyl sites for hydroxylation is 2. The van der Waals surface area contributed by atoms with Crippen LogP contribution in [0.3, 0.4) is 0 Å². The molecule has 1 fully saturated rings. The van der Waals surface area contributed by atoms with Crippen molar-refractivity contribution in [2.75, 3.05) is 30.0 Å². The van der Waals surface area contributed by atoms with Gasteiger partial charge in [0.2, 0.25) is 5.91 Å². The van der Waals surface area contributed by atoms with E-state index in [2.05, 4.69) is 20.3 Å². The zero-order valence-corrected chi connectivity index (χ0v) is 19.9. The molecule has 0 bridgehead atoms. The number of benzene rings is 1. The van der Waals surface area contributed by atoms with Crippen LogP contribution >= 0.6 is 34.9 Å². The number of ether oxygens (including phenoxy) is 2. The Bertz CT molecular complexity index is 1030. The summed E-state index contributed by atoms with van der Waals surface area (Å²) in [6.07, 6.45) is 1.73. The second-order valence-electron chi connectivity index (χ2n) is 7.09. The van der Waals surface area contributed by atoms with Gasteiger partial charge in [0.15, 0.2) is 15.8 Å². The van der Waals surface area contributed by atoms with Gasteiger partial charge >= 0.3 is 0 Å². The number of nitrogens with one attached hydrogen (secondary N) is 1. The summed E-state index contributed by atoms with van der Waals surface area (Å²) >= 11 is 4.68. The van der Waals surface area contributed by atoms with Gasteiger partial charge in [-0.15, -0.1) is 11.3 Å². The average molecular weight is 477 g/mol. The smallest absolute Gasteiger partial charge is 0.234 e. The maximum Gasteiger partial charge on any atom is 0.234 e. The molecule has 1 aliphatic rings. The van der Waals surface area contributed by atoms with Crippen molar-refractivity contribution in [3.8, 4) is 0 Å². The van der Waals surface area contributed by atoms with Gasteiger partial charge in [0.05, 0.1) is 29.2 Å². The average Bonchev–Trinajstić information content (AvgIpc) is 3.14. The largest absolute Gasteiger partial charge is 0.353 e. The number of nitrogens with zero attached hydrogens (tertiary/aromatic N) is 3. The summed E-state index contributed by atoms with van der Waals surface area (Å²) in [7, 11) is 0. The molecule has 0 spiro atoms. The lowest BCUT2D eigenvalue weighted by Crippen LogP contribution is -2.25. The molecule has 1 aliphatic heterocycles. The minimum absolute atomic E-state index is 0.0845. The second-order valence-corrected chi connectivity index (χ2v) is 10.4. The third-order valence-electron chi connectivity index (χ3n) is 4.42. The number of rotatable bonds is 8. The van der Waals surface area contributed by atoms with Crippen molar-refractivity contribution < 1.29 is 14.3 Å². The third-order valence-corrected chi connectivity index (χ3v) is 7.46. The van der Waals surface area contributed by atoms with Crippen LogP contribution in [0.4, 0.5) is 5.69 Å². The molecule has 0 saturated carbocycles. The molecule has 0 unspecified atom stereocenters. The van der Waals surface area contributed by atoms with E-state index in [0.717, 1.165) is 63.4 Å². The lowest BCUT2D eigenvalue weighted by atomic mass is 10.3. The van der Waals surface area contributed by atoms with E-state index in [1.165, 1.54) is 11.8 Å². The van der Waals surface area contributed by atoms with Gasteiger partial charge in [0.25, 0.3) is 0 Å². The first-order chi connectivity index (χ1) is 15.0. The summed E-state index contributed by atoms with van der Waals surface area (Å²) in [6.45, 7) is 5.41. The molecular weight excluding hydrogens is 452 g/mol. The predicted molar refractivity (Wildman–Crippen MR) is 126 cm³/mol. The molecule has 3 aromatic rings. The van der Waals surface area contributed by atoms with Crippen LogP contribution in [0, 0.1) is 13.8 Å². The number of amides is 1. The highest BCUT2D eigenvalue weighted by Crippen LogP contribution is 2.32. The number of carbonyl (C=O) groups excluding carboxylic acids is 1. The number of thiazole rings is 1. The van der Waals surface area contributed by atoms with E-state index in [1.54, 1.807) is 23.1 Å². The number of thioether (sulfide) groups is 2. The molecule has 7 nitrogen and oxygen atoms in total. The van der Waals surface area contributed by atoms with Gasteiger partial charge in [-0.05, 0) is 44.5 Å². The fourth-order valence-corrected chi connectivity index (χ4v) is 5.96. The minimum Gasteiger partial charge on any atom is -0.353 e. The van der Waals surface area contributed by atoms with Crippen LogP contribution in [0.1, 0.15) is 24.2 Å². The van der Waals surface area contributed by atoms with Crippen molar-refractivity contribution in [2.45, 2.75) is 42.5 Å². The summed E-state index contributed by atoms with van der Waals surface area (Å²) in [4.78, 5) is 25.8. The number of carbonyl (C=O) groups is 1.